The van der Waals surface area contributed by atoms with E-state index in [1.807, 2.05) is 24.3 Å². The summed E-state index contributed by atoms with van der Waals surface area (Å²) in [6.45, 7) is 3.01. The van der Waals surface area contributed by atoms with Gasteiger partial charge in [0, 0.05) is 5.02 Å². The summed E-state index contributed by atoms with van der Waals surface area (Å²) in [7, 11) is 0. The van der Waals surface area contributed by atoms with Crippen LogP contribution in [0.5, 0.6) is 0 Å². The summed E-state index contributed by atoms with van der Waals surface area (Å²) >= 11 is 6.01. The first-order valence-corrected chi connectivity index (χ1v) is 7.16. The average molecular weight is 293 g/mol. The fourth-order valence-corrected chi connectivity index (χ4v) is 2.31. The Morgan fingerprint density at radius 2 is 2.15 bits per heavy atom. The number of hydrogen-bond donors (Lipinski definition) is 1. The highest BCUT2D eigenvalue weighted by molar-refractivity contribution is 6.30. The Labute approximate surface area is 124 Å². The third-order valence-corrected chi connectivity index (χ3v) is 3.31. The molecule has 4 heteroatoms. The van der Waals surface area contributed by atoms with Gasteiger partial charge in [-0.1, -0.05) is 30.7 Å². The SMILES string of the molecule is CCCNC(Cc1cccc(Cl)c1)c1ccc(F)cn1. The number of nitrogens with zero attached hydrogens (tertiary/aromatic N) is 1. The van der Waals surface area contributed by atoms with Crippen molar-refractivity contribution in [3.05, 3.63) is 64.7 Å². The lowest BCUT2D eigenvalue weighted by Gasteiger charge is -2.18. The van der Waals surface area contributed by atoms with Crippen LogP contribution in [0.1, 0.15) is 30.6 Å². The van der Waals surface area contributed by atoms with Crippen molar-refractivity contribution in [2.45, 2.75) is 25.8 Å². The first kappa shape index (κ1) is 14.9. The quantitative estimate of drug-likeness (QED) is 0.865. The van der Waals surface area contributed by atoms with Crippen molar-refractivity contribution in [2.24, 2.45) is 0 Å². The standard InChI is InChI=1S/C16H18ClFN2/c1-2-8-19-16(15-7-6-14(18)11-20-15)10-12-4-3-5-13(17)9-12/h3-7,9,11,16,19H,2,8,10H2,1H3. The average Bonchev–Trinajstić information content (AvgIpc) is 2.44. The molecule has 0 aliphatic heterocycles. The van der Waals surface area contributed by atoms with E-state index in [0.29, 0.717) is 0 Å². The lowest BCUT2D eigenvalue weighted by Crippen LogP contribution is -2.25. The molecule has 2 aromatic rings. The molecular weight excluding hydrogens is 275 g/mol. The molecule has 2 nitrogen and oxygen atoms in total. The van der Waals surface area contributed by atoms with Gasteiger partial charge in [0.25, 0.3) is 0 Å². The summed E-state index contributed by atoms with van der Waals surface area (Å²) in [5, 5.41) is 4.17. The number of benzene rings is 1. The molecule has 0 aliphatic rings. The number of hydrogen-bond acceptors (Lipinski definition) is 2. The first-order valence-electron chi connectivity index (χ1n) is 6.78. The number of pyridine rings is 1. The van der Waals surface area contributed by atoms with Crippen molar-refractivity contribution in [2.75, 3.05) is 6.54 Å². The van der Waals surface area contributed by atoms with E-state index in [9.17, 15) is 4.39 Å². The van der Waals surface area contributed by atoms with Crippen molar-refractivity contribution in [1.82, 2.24) is 10.3 Å². The minimum Gasteiger partial charge on any atom is -0.308 e. The Bertz CT molecular complexity index is 542. The van der Waals surface area contributed by atoms with Crippen LogP contribution in [0.2, 0.25) is 5.02 Å². The van der Waals surface area contributed by atoms with Crippen LogP contribution >= 0.6 is 11.6 Å². The summed E-state index contributed by atoms with van der Waals surface area (Å²) in [6, 6.07) is 11.0. The highest BCUT2D eigenvalue weighted by Crippen LogP contribution is 2.19. The van der Waals surface area contributed by atoms with Gasteiger partial charge in [-0.2, -0.15) is 0 Å². The molecule has 20 heavy (non-hydrogen) atoms. The van der Waals surface area contributed by atoms with Gasteiger partial charge in [-0.3, -0.25) is 4.98 Å². The zero-order chi connectivity index (χ0) is 14.4. The number of nitrogens with one attached hydrogen (secondary N) is 1. The molecule has 1 unspecified atom stereocenters. The second-order valence-corrected chi connectivity index (χ2v) is 5.18. The van der Waals surface area contributed by atoms with Crippen LogP contribution < -0.4 is 5.32 Å². The molecule has 1 aromatic carbocycles. The summed E-state index contributed by atoms with van der Waals surface area (Å²) in [5.41, 5.74) is 1.98. The predicted molar refractivity (Wildman–Crippen MR) is 80.4 cm³/mol. The van der Waals surface area contributed by atoms with Crippen LogP contribution in [0, 0.1) is 5.82 Å². The van der Waals surface area contributed by atoms with Crippen molar-refractivity contribution in [1.29, 1.82) is 0 Å². The topological polar surface area (TPSA) is 24.9 Å². The number of halogens is 2. The van der Waals surface area contributed by atoms with Crippen molar-refractivity contribution >= 4 is 11.6 Å². The molecule has 0 amide bonds. The van der Waals surface area contributed by atoms with Crippen molar-refractivity contribution in [3.8, 4) is 0 Å². The summed E-state index contributed by atoms with van der Waals surface area (Å²) in [5.74, 6) is -0.314. The molecule has 1 atom stereocenters. The lowest BCUT2D eigenvalue weighted by atomic mass is 10.0. The molecule has 0 saturated heterocycles. The molecule has 0 spiro atoms. The number of rotatable bonds is 6. The third kappa shape index (κ3) is 4.29. The van der Waals surface area contributed by atoms with Gasteiger partial charge in [0.2, 0.25) is 0 Å². The Morgan fingerprint density at radius 3 is 2.80 bits per heavy atom. The summed E-state index contributed by atoms with van der Waals surface area (Å²) in [4.78, 5) is 4.18. The monoisotopic (exact) mass is 292 g/mol. The normalized spacial score (nSPS) is 12.3. The minimum atomic E-state index is -0.314. The predicted octanol–water partition coefficient (Wildman–Crippen LogP) is 4.16. The van der Waals surface area contributed by atoms with E-state index in [1.165, 1.54) is 12.3 Å². The summed E-state index contributed by atoms with van der Waals surface area (Å²) in [6.07, 6.45) is 3.07. The van der Waals surface area contributed by atoms with Gasteiger partial charge in [0.15, 0.2) is 0 Å². The Morgan fingerprint density at radius 1 is 1.30 bits per heavy atom. The Balaban J connectivity index is 2.16. The second-order valence-electron chi connectivity index (χ2n) is 4.74. The fraction of sp³-hybridized carbons (Fsp3) is 0.312. The zero-order valence-electron chi connectivity index (χ0n) is 11.4. The minimum absolute atomic E-state index is 0.0639. The molecule has 2 rings (SSSR count). The highest BCUT2D eigenvalue weighted by atomic mass is 35.5. The molecule has 0 saturated carbocycles. The molecule has 0 bridgehead atoms. The maximum absolute atomic E-state index is 13.0. The van der Waals surface area contributed by atoms with Gasteiger partial charge < -0.3 is 5.32 Å². The van der Waals surface area contributed by atoms with Crippen LogP contribution in [0.25, 0.3) is 0 Å². The highest BCUT2D eigenvalue weighted by Gasteiger charge is 2.13. The van der Waals surface area contributed by atoms with Gasteiger partial charge in [-0.15, -0.1) is 0 Å². The largest absolute Gasteiger partial charge is 0.308 e. The van der Waals surface area contributed by atoms with Gasteiger partial charge in [0.1, 0.15) is 5.82 Å². The van der Waals surface area contributed by atoms with Gasteiger partial charge in [-0.05, 0) is 49.2 Å². The molecule has 1 heterocycles. The fourth-order valence-electron chi connectivity index (χ4n) is 2.09. The Hall–Kier alpha value is -1.45. The van der Waals surface area contributed by atoms with E-state index < -0.39 is 0 Å². The van der Waals surface area contributed by atoms with Crippen LogP contribution in [0.3, 0.4) is 0 Å². The smallest absolute Gasteiger partial charge is 0.141 e. The van der Waals surface area contributed by atoms with Crippen molar-refractivity contribution < 1.29 is 4.39 Å². The van der Waals surface area contributed by atoms with Gasteiger partial charge >= 0.3 is 0 Å². The van der Waals surface area contributed by atoms with Crippen molar-refractivity contribution in [3.63, 3.8) is 0 Å². The molecule has 1 N–H and O–H groups in total. The maximum Gasteiger partial charge on any atom is 0.141 e. The second kappa shape index (κ2) is 7.36. The molecule has 0 aliphatic carbocycles. The van der Waals surface area contributed by atoms with E-state index in [0.717, 1.165) is 35.7 Å². The molecular formula is C16H18ClFN2. The van der Waals surface area contributed by atoms with Crippen LogP contribution in [0.15, 0.2) is 42.6 Å². The van der Waals surface area contributed by atoms with Gasteiger partial charge in [-0.25, -0.2) is 4.39 Å². The maximum atomic E-state index is 13.0. The molecule has 1 aromatic heterocycles. The Kier molecular flexibility index (Phi) is 5.50. The summed E-state index contributed by atoms with van der Waals surface area (Å²) < 4.78 is 13.0. The van der Waals surface area contributed by atoms with E-state index >= 15 is 0 Å². The van der Waals surface area contributed by atoms with Gasteiger partial charge in [0.05, 0.1) is 17.9 Å². The molecule has 0 radical (unpaired) electrons. The first-order chi connectivity index (χ1) is 9.69. The van der Waals surface area contributed by atoms with E-state index in [2.05, 4.69) is 17.2 Å². The number of aromatic nitrogens is 1. The van der Waals surface area contributed by atoms with Crippen LogP contribution in [-0.4, -0.2) is 11.5 Å². The van der Waals surface area contributed by atoms with E-state index in [1.54, 1.807) is 6.07 Å². The van der Waals surface area contributed by atoms with Crippen LogP contribution in [0.4, 0.5) is 4.39 Å². The third-order valence-electron chi connectivity index (χ3n) is 3.08. The van der Waals surface area contributed by atoms with E-state index in [4.69, 9.17) is 11.6 Å². The van der Waals surface area contributed by atoms with Crippen LogP contribution in [-0.2, 0) is 6.42 Å². The zero-order valence-corrected chi connectivity index (χ0v) is 12.2. The molecule has 106 valence electrons. The molecule has 0 fully saturated rings. The lowest BCUT2D eigenvalue weighted by molar-refractivity contribution is 0.514. The van der Waals surface area contributed by atoms with E-state index in [-0.39, 0.29) is 11.9 Å².